The molecule has 0 bridgehead atoms. The Bertz CT molecular complexity index is 149. The number of ether oxygens (including phenoxy) is 1. The molecule has 1 aliphatic rings. The van der Waals surface area contributed by atoms with Gasteiger partial charge in [-0.2, -0.15) is 0 Å². The zero-order chi connectivity index (χ0) is 9.19. The summed E-state index contributed by atoms with van der Waals surface area (Å²) in [4.78, 5) is 0. The molecular formula is C10H19ClO. The van der Waals surface area contributed by atoms with Gasteiger partial charge in [-0.1, -0.05) is 20.8 Å². The number of hydrogen-bond donors (Lipinski definition) is 0. The highest BCUT2D eigenvalue weighted by atomic mass is 35.5. The fraction of sp³-hybridized carbons (Fsp3) is 1.00. The van der Waals surface area contributed by atoms with E-state index in [0.29, 0.717) is 11.5 Å². The van der Waals surface area contributed by atoms with Crippen molar-refractivity contribution in [3.05, 3.63) is 0 Å². The predicted molar refractivity (Wildman–Crippen MR) is 52.7 cm³/mol. The maximum atomic E-state index is 6.15. The first-order chi connectivity index (χ1) is 5.65. The molecule has 2 heteroatoms. The highest BCUT2D eigenvalue weighted by molar-refractivity contribution is 6.21. The Kier molecular flexibility index (Phi) is 3.42. The largest absolute Gasteiger partial charge is 0.378 e. The maximum absolute atomic E-state index is 6.15. The monoisotopic (exact) mass is 190 g/mol. The van der Waals surface area contributed by atoms with Crippen molar-refractivity contribution in [1.29, 1.82) is 0 Å². The van der Waals surface area contributed by atoms with Crippen molar-refractivity contribution in [2.75, 3.05) is 6.61 Å². The Morgan fingerprint density at radius 2 is 2.17 bits per heavy atom. The van der Waals surface area contributed by atoms with Crippen molar-refractivity contribution in [3.63, 3.8) is 0 Å². The van der Waals surface area contributed by atoms with E-state index in [9.17, 15) is 0 Å². The van der Waals surface area contributed by atoms with Gasteiger partial charge in [0.15, 0.2) is 0 Å². The minimum atomic E-state index is 0.233. The van der Waals surface area contributed by atoms with E-state index in [1.165, 1.54) is 0 Å². The van der Waals surface area contributed by atoms with Crippen LogP contribution in [0.2, 0.25) is 0 Å². The molecule has 0 amide bonds. The van der Waals surface area contributed by atoms with Gasteiger partial charge in [0.1, 0.15) is 0 Å². The second kappa shape index (κ2) is 3.97. The summed E-state index contributed by atoms with van der Waals surface area (Å²) in [5.74, 6) is 0. The van der Waals surface area contributed by atoms with Gasteiger partial charge in [-0.25, -0.2) is 0 Å². The summed E-state index contributed by atoms with van der Waals surface area (Å²) in [5, 5.41) is 0.323. The first-order valence-electron chi connectivity index (χ1n) is 4.90. The molecule has 0 saturated heterocycles. The van der Waals surface area contributed by atoms with Crippen LogP contribution >= 0.6 is 11.6 Å². The van der Waals surface area contributed by atoms with Crippen LogP contribution < -0.4 is 0 Å². The van der Waals surface area contributed by atoms with Gasteiger partial charge in [0.05, 0.1) is 6.10 Å². The number of rotatable bonds is 4. The summed E-state index contributed by atoms with van der Waals surface area (Å²) < 4.78 is 5.72. The van der Waals surface area contributed by atoms with Crippen LogP contribution in [0.1, 0.15) is 40.0 Å². The van der Waals surface area contributed by atoms with Gasteiger partial charge in [0.25, 0.3) is 0 Å². The molecule has 12 heavy (non-hydrogen) atoms. The van der Waals surface area contributed by atoms with Crippen LogP contribution in [0, 0.1) is 5.41 Å². The number of hydrogen-bond acceptors (Lipinski definition) is 1. The summed E-state index contributed by atoms with van der Waals surface area (Å²) >= 11 is 6.15. The van der Waals surface area contributed by atoms with Gasteiger partial charge in [-0.05, 0) is 19.3 Å². The van der Waals surface area contributed by atoms with E-state index in [1.54, 1.807) is 0 Å². The van der Waals surface area contributed by atoms with Crippen LogP contribution in [0.3, 0.4) is 0 Å². The molecule has 72 valence electrons. The standard InChI is InChI=1S/C10H19ClO/c1-4-6-12-9-7-8(11)10(9,3)5-2/h8-9H,4-7H2,1-3H3. The third kappa shape index (κ3) is 1.62. The minimum Gasteiger partial charge on any atom is -0.378 e. The zero-order valence-electron chi connectivity index (χ0n) is 8.27. The zero-order valence-corrected chi connectivity index (χ0v) is 9.03. The van der Waals surface area contributed by atoms with E-state index >= 15 is 0 Å². The third-order valence-electron chi connectivity index (χ3n) is 3.16. The Morgan fingerprint density at radius 3 is 2.58 bits per heavy atom. The number of alkyl halides is 1. The normalized spacial score (nSPS) is 41.0. The second-order valence-electron chi connectivity index (χ2n) is 3.92. The Balaban J connectivity index is 2.37. The van der Waals surface area contributed by atoms with Crippen molar-refractivity contribution in [1.82, 2.24) is 0 Å². The fourth-order valence-corrected chi connectivity index (χ4v) is 2.19. The smallest absolute Gasteiger partial charge is 0.0656 e. The third-order valence-corrected chi connectivity index (χ3v) is 3.83. The van der Waals surface area contributed by atoms with Crippen molar-refractivity contribution in [3.8, 4) is 0 Å². The molecular weight excluding hydrogens is 172 g/mol. The molecule has 0 N–H and O–H groups in total. The van der Waals surface area contributed by atoms with E-state index in [0.717, 1.165) is 25.9 Å². The minimum absolute atomic E-state index is 0.233. The highest BCUT2D eigenvalue weighted by Gasteiger charge is 2.50. The maximum Gasteiger partial charge on any atom is 0.0656 e. The second-order valence-corrected chi connectivity index (χ2v) is 4.45. The van der Waals surface area contributed by atoms with Crippen LogP contribution in [-0.4, -0.2) is 18.1 Å². The lowest BCUT2D eigenvalue weighted by atomic mass is 9.65. The molecule has 1 nitrogen and oxygen atoms in total. The molecule has 0 spiro atoms. The van der Waals surface area contributed by atoms with Crippen LogP contribution in [0.25, 0.3) is 0 Å². The van der Waals surface area contributed by atoms with Gasteiger partial charge in [0.2, 0.25) is 0 Å². The van der Waals surface area contributed by atoms with E-state index in [-0.39, 0.29) is 5.41 Å². The first kappa shape index (κ1) is 10.3. The Hall–Kier alpha value is 0.250. The average molecular weight is 191 g/mol. The van der Waals surface area contributed by atoms with E-state index in [2.05, 4.69) is 20.8 Å². The van der Waals surface area contributed by atoms with Gasteiger partial charge in [0, 0.05) is 17.4 Å². The van der Waals surface area contributed by atoms with Crippen LogP contribution in [0.15, 0.2) is 0 Å². The summed E-state index contributed by atoms with van der Waals surface area (Å²) in [5.41, 5.74) is 0.233. The molecule has 0 radical (unpaired) electrons. The highest BCUT2D eigenvalue weighted by Crippen LogP contribution is 2.49. The van der Waals surface area contributed by atoms with Crippen LogP contribution in [-0.2, 0) is 4.74 Å². The van der Waals surface area contributed by atoms with Crippen LogP contribution in [0.5, 0.6) is 0 Å². The Labute approximate surface area is 80.4 Å². The molecule has 1 aliphatic carbocycles. The molecule has 0 heterocycles. The molecule has 1 rings (SSSR count). The lowest BCUT2D eigenvalue weighted by Crippen LogP contribution is -2.53. The lowest BCUT2D eigenvalue weighted by Gasteiger charge is -2.50. The van der Waals surface area contributed by atoms with E-state index in [4.69, 9.17) is 16.3 Å². The predicted octanol–water partition coefficient (Wildman–Crippen LogP) is 3.21. The quantitative estimate of drug-likeness (QED) is 0.619. The van der Waals surface area contributed by atoms with E-state index in [1.807, 2.05) is 0 Å². The van der Waals surface area contributed by atoms with Crippen molar-refractivity contribution in [2.24, 2.45) is 5.41 Å². The summed E-state index contributed by atoms with van der Waals surface area (Å²) in [7, 11) is 0. The Morgan fingerprint density at radius 1 is 1.50 bits per heavy atom. The molecule has 3 unspecified atom stereocenters. The fourth-order valence-electron chi connectivity index (χ4n) is 1.74. The summed E-state index contributed by atoms with van der Waals surface area (Å²) in [6, 6.07) is 0. The lowest BCUT2D eigenvalue weighted by molar-refractivity contribution is -0.0994. The van der Waals surface area contributed by atoms with Crippen molar-refractivity contribution < 1.29 is 4.74 Å². The van der Waals surface area contributed by atoms with Crippen LogP contribution in [0.4, 0.5) is 0 Å². The molecule has 0 aromatic carbocycles. The summed E-state index contributed by atoms with van der Waals surface area (Å²) in [6.07, 6.45) is 3.66. The topological polar surface area (TPSA) is 9.23 Å². The molecule has 1 saturated carbocycles. The van der Waals surface area contributed by atoms with Crippen molar-refractivity contribution >= 4 is 11.6 Å². The first-order valence-corrected chi connectivity index (χ1v) is 5.34. The molecule has 0 aromatic heterocycles. The van der Waals surface area contributed by atoms with Gasteiger partial charge >= 0.3 is 0 Å². The van der Waals surface area contributed by atoms with Gasteiger partial charge < -0.3 is 4.74 Å². The number of halogens is 1. The molecule has 0 aliphatic heterocycles. The molecule has 1 fully saturated rings. The summed E-state index contributed by atoms with van der Waals surface area (Å²) in [6.45, 7) is 7.44. The van der Waals surface area contributed by atoms with Gasteiger partial charge in [-0.3, -0.25) is 0 Å². The van der Waals surface area contributed by atoms with Gasteiger partial charge in [-0.15, -0.1) is 11.6 Å². The SMILES string of the molecule is CCCOC1CC(Cl)C1(C)CC. The average Bonchev–Trinajstić information content (AvgIpc) is 2.10. The molecule has 3 atom stereocenters. The van der Waals surface area contributed by atoms with E-state index < -0.39 is 0 Å². The molecule has 0 aromatic rings. The van der Waals surface area contributed by atoms with Crippen molar-refractivity contribution in [2.45, 2.75) is 51.5 Å².